The van der Waals surface area contributed by atoms with E-state index in [0.29, 0.717) is 12.0 Å². The third-order valence-corrected chi connectivity index (χ3v) is 3.61. The Kier molecular flexibility index (Phi) is 5.61. The van der Waals surface area contributed by atoms with Crippen molar-refractivity contribution in [2.24, 2.45) is 11.7 Å². The summed E-state index contributed by atoms with van der Waals surface area (Å²) in [7, 11) is 0. The van der Waals surface area contributed by atoms with Gasteiger partial charge in [0, 0.05) is 11.7 Å². The van der Waals surface area contributed by atoms with Crippen LogP contribution in [0.4, 0.5) is 0 Å². The van der Waals surface area contributed by atoms with Crippen LogP contribution in [-0.4, -0.2) is 12.6 Å². The molecule has 0 fully saturated rings. The molecule has 0 saturated carbocycles. The summed E-state index contributed by atoms with van der Waals surface area (Å²) < 4.78 is 0. The van der Waals surface area contributed by atoms with Gasteiger partial charge in [0.15, 0.2) is 0 Å². The molecule has 1 rings (SSSR count). The van der Waals surface area contributed by atoms with E-state index in [1.807, 2.05) is 6.08 Å². The van der Waals surface area contributed by atoms with Crippen LogP contribution in [-0.2, 0) is 0 Å². The summed E-state index contributed by atoms with van der Waals surface area (Å²) in [6.07, 6.45) is 7.91. The first-order valence-corrected chi connectivity index (χ1v) is 6.52. The van der Waals surface area contributed by atoms with E-state index in [9.17, 15) is 0 Å². The van der Waals surface area contributed by atoms with Gasteiger partial charge >= 0.3 is 0 Å². The molecule has 2 atom stereocenters. The molecule has 0 radical (unpaired) electrons. The lowest BCUT2D eigenvalue weighted by Crippen LogP contribution is -2.30. The van der Waals surface area contributed by atoms with E-state index in [0.717, 1.165) is 13.0 Å². The highest BCUT2D eigenvalue weighted by molar-refractivity contribution is 5.26. The van der Waals surface area contributed by atoms with Gasteiger partial charge in [0.25, 0.3) is 0 Å². The second-order valence-corrected chi connectivity index (χ2v) is 4.84. The molecule has 1 aliphatic heterocycles. The molecular formula is C14H26N2. The van der Waals surface area contributed by atoms with Gasteiger partial charge in [-0.2, -0.15) is 0 Å². The molecule has 0 aromatic heterocycles. The van der Waals surface area contributed by atoms with Crippen LogP contribution in [0.2, 0.25) is 0 Å². The fraction of sp³-hybridized carbons (Fsp3) is 0.714. The van der Waals surface area contributed by atoms with Gasteiger partial charge in [0.1, 0.15) is 0 Å². The lowest BCUT2D eigenvalue weighted by Gasteiger charge is -2.27. The van der Waals surface area contributed by atoms with Crippen molar-refractivity contribution in [1.82, 2.24) is 5.32 Å². The highest BCUT2D eigenvalue weighted by Crippen LogP contribution is 2.24. The number of nitrogens with one attached hydrogen (secondary N) is 1. The zero-order chi connectivity index (χ0) is 12.0. The zero-order valence-electron chi connectivity index (χ0n) is 10.8. The number of allylic oxidation sites excluding steroid dienone is 3. The van der Waals surface area contributed by atoms with Crippen LogP contribution in [0.5, 0.6) is 0 Å². The first kappa shape index (κ1) is 13.3. The maximum Gasteiger partial charge on any atom is 0.0233 e. The van der Waals surface area contributed by atoms with Crippen LogP contribution < -0.4 is 11.1 Å². The Morgan fingerprint density at radius 2 is 2.38 bits per heavy atom. The van der Waals surface area contributed by atoms with Crippen molar-refractivity contribution in [2.45, 2.75) is 52.0 Å². The molecule has 1 aliphatic rings. The number of hydrogen-bond donors (Lipinski definition) is 2. The van der Waals surface area contributed by atoms with Gasteiger partial charge in [-0.1, -0.05) is 26.0 Å². The molecule has 3 N–H and O–H groups in total. The minimum absolute atomic E-state index is 0.608. The fourth-order valence-corrected chi connectivity index (χ4v) is 2.28. The van der Waals surface area contributed by atoms with Crippen molar-refractivity contribution in [3.63, 3.8) is 0 Å². The molecule has 0 aromatic rings. The van der Waals surface area contributed by atoms with Crippen LogP contribution in [0.3, 0.4) is 0 Å². The molecule has 16 heavy (non-hydrogen) atoms. The molecule has 0 aliphatic carbocycles. The highest BCUT2D eigenvalue weighted by atomic mass is 14.9. The maximum atomic E-state index is 5.74. The Morgan fingerprint density at radius 3 is 2.94 bits per heavy atom. The third kappa shape index (κ3) is 3.67. The second kappa shape index (κ2) is 6.74. The molecular weight excluding hydrogens is 196 g/mol. The summed E-state index contributed by atoms with van der Waals surface area (Å²) in [5.41, 5.74) is 8.55. The smallest absolute Gasteiger partial charge is 0.0233 e. The Morgan fingerprint density at radius 1 is 1.62 bits per heavy atom. The standard InChI is InChI=1S/C14H26N2/c1-4-12(10-15)7-9-14-13(5-2)8-6-11(3)16-14/h5,11-12,16H,2,4,6-10,15H2,1,3H3. The van der Waals surface area contributed by atoms with Gasteiger partial charge < -0.3 is 11.1 Å². The van der Waals surface area contributed by atoms with Crippen molar-refractivity contribution in [1.29, 1.82) is 0 Å². The minimum atomic E-state index is 0.608. The van der Waals surface area contributed by atoms with Crippen LogP contribution in [0.1, 0.15) is 46.0 Å². The van der Waals surface area contributed by atoms with Gasteiger partial charge in [-0.3, -0.25) is 0 Å². The van der Waals surface area contributed by atoms with Crippen LogP contribution >= 0.6 is 0 Å². The average molecular weight is 222 g/mol. The molecule has 0 bridgehead atoms. The van der Waals surface area contributed by atoms with Gasteiger partial charge in [-0.05, 0) is 50.6 Å². The molecule has 0 aromatic carbocycles. The summed E-state index contributed by atoms with van der Waals surface area (Å²) in [6.45, 7) is 9.18. The largest absolute Gasteiger partial charge is 0.386 e. The van der Waals surface area contributed by atoms with Gasteiger partial charge in [0.05, 0.1) is 0 Å². The van der Waals surface area contributed by atoms with E-state index in [1.165, 1.54) is 37.0 Å². The molecule has 2 unspecified atom stereocenters. The van der Waals surface area contributed by atoms with E-state index in [2.05, 4.69) is 25.7 Å². The minimum Gasteiger partial charge on any atom is -0.386 e. The van der Waals surface area contributed by atoms with Crippen molar-refractivity contribution < 1.29 is 0 Å². The van der Waals surface area contributed by atoms with Crippen LogP contribution in [0.15, 0.2) is 23.9 Å². The predicted octanol–water partition coefficient (Wildman–Crippen LogP) is 2.96. The molecule has 0 amide bonds. The Labute approximate surface area is 100.0 Å². The lowest BCUT2D eigenvalue weighted by molar-refractivity contribution is 0.451. The summed E-state index contributed by atoms with van der Waals surface area (Å²) in [4.78, 5) is 0. The quantitative estimate of drug-likeness (QED) is 0.725. The summed E-state index contributed by atoms with van der Waals surface area (Å²) in [5.74, 6) is 0.664. The van der Waals surface area contributed by atoms with E-state index >= 15 is 0 Å². The van der Waals surface area contributed by atoms with Crippen molar-refractivity contribution in [3.05, 3.63) is 23.9 Å². The maximum absolute atomic E-state index is 5.74. The Balaban J connectivity index is 2.55. The van der Waals surface area contributed by atoms with E-state index in [1.54, 1.807) is 0 Å². The normalized spacial score (nSPS) is 22.8. The van der Waals surface area contributed by atoms with E-state index in [-0.39, 0.29) is 0 Å². The molecule has 1 heterocycles. The first-order valence-electron chi connectivity index (χ1n) is 6.52. The highest BCUT2D eigenvalue weighted by Gasteiger charge is 2.15. The Bertz CT molecular complexity index is 251. The van der Waals surface area contributed by atoms with E-state index in [4.69, 9.17) is 5.73 Å². The van der Waals surface area contributed by atoms with E-state index < -0.39 is 0 Å². The fourth-order valence-electron chi connectivity index (χ4n) is 2.28. The van der Waals surface area contributed by atoms with Gasteiger partial charge in [0.2, 0.25) is 0 Å². The molecule has 2 heteroatoms. The Hall–Kier alpha value is -0.760. The topological polar surface area (TPSA) is 38.0 Å². The average Bonchev–Trinajstić information content (AvgIpc) is 2.30. The summed E-state index contributed by atoms with van der Waals surface area (Å²) in [5, 5.41) is 3.59. The van der Waals surface area contributed by atoms with Crippen LogP contribution in [0, 0.1) is 5.92 Å². The molecule has 92 valence electrons. The number of rotatable bonds is 6. The summed E-state index contributed by atoms with van der Waals surface area (Å²) >= 11 is 0. The third-order valence-electron chi connectivity index (χ3n) is 3.61. The van der Waals surface area contributed by atoms with Gasteiger partial charge in [-0.25, -0.2) is 0 Å². The molecule has 0 spiro atoms. The lowest BCUT2D eigenvalue weighted by atomic mass is 9.93. The second-order valence-electron chi connectivity index (χ2n) is 4.84. The molecule has 2 nitrogen and oxygen atoms in total. The monoisotopic (exact) mass is 222 g/mol. The van der Waals surface area contributed by atoms with Crippen LogP contribution in [0.25, 0.3) is 0 Å². The first-order chi connectivity index (χ1) is 7.71. The SMILES string of the molecule is C=CC1=C(CCC(CC)CN)NC(C)CC1. The number of hydrogen-bond acceptors (Lipinski definition) is 2. The van der Waals surface area contributed by atoms with Crippen molar-refractivity contribution in [3.8, 4) is 0 Å². The summed E-state index contributed by atoms with van der Waals surface area (Å²) in [6, 6.07) is 0.608. The van der Waals surface area contributed by atoms with Crippen molar-refractivity contribution in [2.75, 3.05) is 6.54 Å². The number of nitrogens with two attached hydrogens (primary N) is 1. The predicted molar refractivity (Wildman–Crippen MR) is 71.1 cm³/mol. The zero-order valence-corrected chi connectivity index (χ0v) is 10.8. The van der Waals surface area contributed by atoms with Gasteiger partial charge in [-0.15, -0.1) is 0 Å². The molecule has 0 saturated heterocycles. The van der Waals surface area contributed by atoms with Crippen molar-refractivity contribution >= 4 is 0 Å².